The van der Waals surface area contributed by atoms with Gasteiger partial charge in [-0.05, 0) is 64.9 Å². The highest BCUT2D eigenvalue weighted by molar-refractivity contribution is 7.18. The summed E-state index contributed by atoms with van der Waals surface area (Å²) in [7, 11) is 1.64. The standard InChI is InChI=1S/C23H19N3O3S.ClH/c1-15-8-13-20(29-2)19(14-15)24-23-25-26(18-6-4-3-5-7-18)21(30-23)16-9-11-17(12-10-16)22(27)28;/h3-14H,1-2H3,(H-,24,25,27,28);1H. The minimum atomic E-state index is -0.948. The van der Waals surface area contributed by atoms with Gasteiger partial charge in [-0.2, -0.15) is 0 Å². The highest BCUT2D eigenvalue weighted by Crippen LogP contribution is 2.32. The van der Waals surface area contributed by atoms with Crippen molar-refractivity contribution >= 4 is 28.1 Å². The number of hydrogen-bond acceptors (Lipinski definition) is 5. The zero-order valence-corrected chi connectivity index (χ0v) is 18.4. The molecule has 0 saturated heterocycles. The topological polar surface area (TPSA) is 75.3 Å². The Morgan fingerprint density at radius 2 is 1.77 bits per heavy atom. The Morgan fingerprint density at radius 1 is 1.06 bits per heavy atom. The molecule has 0 radical (unpaired) electrons. The van der Waals surface area contributed by atoms with Gasteiger partial charge in [0.25, 0.3) is 5.13 Å². The lowest BCUT2D eigenvalue weighted by Crippen LogP contribution is -3.00. The first-order valence-electron chi connectivity index (χ1n) is 9.29. The van der Waals surface area contributed by atoms with Gasteiger partial charge in [0.2, 0.25) is 5.69 Å². The lowest BCUT2D eigenvalue weighted by atomic mass is 10.1. The summed E-state index contributed by atoms with van der Waals surface area (Å²) in [6.45, 7) is 2.02. The molecule has 0 spiro atoms. The quantitative estimate of drug-likeness (QED) is 0.436. The SMILES string of the molecule is COc1ccc(C)cc1Nc1n[n+](-c2ccccc2)c(-c2ccc(C(=O)O)cc2)s1.[Cl-]. The number of carbonyl (C=O) groups is 1. The molecule has 1 heterocycles. The van der Waals surface area contributed by atoms with Crippen LogP contribution in [0, 0.1) is 6.92 Å². The number of aromatic carboxylic acids is 1. The van der Waals surface area contributed by atoms with Crippen molar-refractivity contribution in [2.75, 3.05) is 12.4 Å². The Morgan fingerprint density at radius 3 is 2.42 bits per heavy atom. The fraction of sp³-hybridized carbons (Fsp3) is 0.0870. The summed E-state index contributed by atoms with van der Waals surface area (Å²) in [5.74, 6) is -0.217. The van der Waals surface area contributed by atoms with Crippen LogP contribution in [0.3, 0.4) is 0 Å². The smallest absolute Gasteiger partial charge is 0.335 e. The Bertz CT molecular complexity index is 1190. The molecule has 1 aromatic heterocycles. The van der Waals surface area contributed by atoms with Crippen molar-refractivity contribution in [3.05, 3.63) is 83.9 Å². The number of anilines is 2. The summed E-state index contributed by atoms with van der Waals surface area (Å²) in [5.41, 5.74) is 3.98. The van der Waals surface area contributed by atoms with Gasteiger partial charge >= 0.3 is 11.0 Å². The second-order valence-electron chi connectivity index (χ2n) is 6.67. The summed E-state index contributed by atoms with van der Waals surface area (Å²) in [5, 5.41) is 18.9. The molecular weight excluding hydrogens is 434 g/mol. The molecule has 0 bridgehead atoms. The minimum Gasteiger partial charge on any atom is -1.00 e. The Balaban J connectivity index is 0.00000272. The van der Waals surface area contributed by atoms with E-state index in [1.54, 1.807) is 31.4 Å². The van der Waals surface area contributed by atoms with Crippen LogP contribution in [0.1, 0.15) is 15.9 Å². The molecule has 0 saturated carbocycles. The zero-order valence-electron chi connectivity index (χ0n) is 16.9. The van der Waals surface area contributed by atoms with Crippen LogP contribution in [0.4, 0.5) is 10.8 Å². The summed E-state index contributed by atoms with van der Waals surface area (Å²) in [6.07, 6.45) is 0. The fourth-order valence-corrected chi connectivity index (χ4v) is 4.01. The lowest BCUT2D eigenvalue weighted by Gasteiger charge is -2.08. The molecule has 0 fully saturated rings. The van der Waals surface area contributed by atoms with E-state index < -0.39 is 5.97 Å². The van der Waals surface area contributed by atoms with E-state index in [1.165, 1.54) is 11.3 Å². The molecule has 0 aliphatic carbocycles. The first-order chi connectivity index (χ1) is 14.5. The van der Waals surface area contributed by atoms with Gasteiger partial charge in [0.1, 0.15) is 5.75 Å². The van der Waals surface area contributed by atoms with Gasteiger partial charge in [-0.3, -0.25) is 0 Å². The van der Waals surface area contributed by atoms with E-state index in [1.807, 2.05) is 60.1 Å². The van der Waals surface area contributed by atoms with E-state index in [0.717, 1.165) is 33.3 Å². The van der Waals surface area contributed by atoms with Gasteiger partial charge in [0.05, 0.1) is 23.9 Å². The molecule has 3 aromatic carbocycles. The van der Waals surface area contributed by atoms with E-state index in [-0.39, 0.29) is 18.0 Å². The fourth-order valence-electron chi connectivity index (χ4n) is 3.06. The van der Waals surface area contributed by atoms with Crippen LogP contribution in [0.25, 0.3) is 16.3 Å². The third-order valence-electron chi connectivity index (χ3n) is 4.55. The van der Waals surface area contributed by atoms with Crippen molar-refractivity contribution in [2.45, 2.75) is 6.92 Å². The lowest BCUT2D eigenvalue weighted by molar-refractivity contribution is -0.642. The second-order valence-corrected chi connectivity index (χ2v) is 7.65. The van der Waals surface area contributed by atoms with Gasteiger partial charge in [-0.15, -0.1) is 0 Å². The van der Waals surface area contributed by atoms with Crippen LogP contribution < -0.4 is 27.1 Å². The third-order valence-corrected chi connectivity index (χ3v) is 5.53. The maximum absolute atomic E-state index is 11.2. The van der Waals surface area contributed by atoms with Crippen LogP contribution in [-0.2, 0) is 0 Å². The van der Waals surface area contributed by atoms with Crippen molar-refractivity contribution in [3.8, 4) is 22.0 Å². The molecule has 6 nitrogen and oxygen atoms in total. The Hall–Kier alpha value is -3.42. The number of nitrogens with one attached hydrogen (secondary N) is 1. The first-order valence-corrected chi connectivity index (χ1v) is 10.1. The number of para-hydroxylation sites is 1. The number of methoxy groups -OCH3 is 1. The number of benzene rings is 3. The predicted octanol–water partition coefficient (Wildman–Crippen LogP) is 1.85. The maximum Gasteiger partial charge on any atom is 0.335 e. The van der Waals surface area contributed by atoms with Crippen molar-refractivity contribution in [2.24, 2.45) is 0 Å². The van der Waals surface area contributed by atoms with Gasteiger partial charge in [0, 0.05) is 17.2 Å². The van der Waals surface area contributed by atoms with E-state index in [4.69, 9.17) is 9.84 Å². The number of nitrogens with zero attached hydrogens (tertiary/aromatic N) is 2. The monoisotopic (exact) mass is 453 g/mol. The predicted molar refractivity (Wildman–Crippen MR) is 117 cm³/mol. The third kappa shape index (κ3) is 4.84. The zero-order chi connectivity index (χ0) is 21.1. The summed E-state index contributed by atoms with van der Waals surface area (Å²) in [6, 6.07) is 22.5. The van der Waals surface area contributed by atoms with Gasteiger partial charge in [-0.25, -0.2) is 4.79 Å². The molecule has 158 valence electrons. The number of aryl methyl sites for hydroxylation is 1. The molecule has 2 N–H and O–H groups in total. The van der Waals surface area contributed by atoms with Crippen LogP contribution >= 0.6 is 11.3 Å². The number of rotatable bonds is 6. The highest BCUT2D eigenvalue weighted by atomic mass is 35.5. The van der Waals surface area contributed by atoms with Gasteiger partial charge < -0.3 is 27.6 Å². The number of aromatic nitrogens is 2. The molecule has 0 atom stereocenters. The van der Waals surface area contributed by atoms with Crippen molar-refractivity contribution in [3.63, 3.8) is 0 Å². The van der Waals surface area contributed by atoms with E-state index in [2.05, 4.69) is 5.32 Å². The molecule has 4 aromatic rings. The van der Waals surface area contributed by atoms with Crippen molar-refractivity contribution < 1.29 is 31.7 Å². The summed E-state index contributed by atoms with van der Waals surface area (Å²) < 4.78 is 7.32. The highest BCUT2D eigenvalue weighted by Gasteiger charge is 2.25. The number of carboxylic acid groups (broad SMARTS) is 1. The van der Waals surface area contributed by atoms with E-state index in [9.17, 15) is 9.90 Å². The minimum absolute atomic E-state index is 0. The second kappa shape index (κ2) is 9.59. The normalized spacial score (nSPS) is 10.3. The number of hydrogen-bond donors (Lipinski definition) is 2. The molecule has 8 heteroatoms. The van der Waals surface area contributed by atoms with Crippen LogP contribution in [0.15, 0.2) is 72.8 Å². The Kier molecular flexibility index (Phi) is 6.89. The van der Waals surface area contributed by atoms with Crippen LogP contribution in [0.2, 0.25) is 0 Å². The maximum atomic E-state index is 11.2. The molecule has 31 heavy (non-hydrogen) atoms. The molecule has 4 rings (SSSR count). The van der Waals surface area contributed by atoms with Gasteiger partial charge in [-0.1, -0.05) is 24.3 Å². The summed E-state index contributed by atoms with van der Waals surface area (Å²) in [4.78, 5) is 11.2. The average Bonchev–Trinajstić information content (AvgIpc) is 3.18. The van der Waals surface area contributed by atoms with Crippen LogP contribution in [0.5, 0.6) is 5.75 Å². The first kappa shape index (κ1) is 22.3. The molecular formula is C23H20ClN3O3S. The molecule has 0 amide bonds. The van der Waals surface area contributed by atoms with Crippen molar-refractivity contribution in [1.82, 2.24) is 5.10 Å². The van der Waals surface area contributed by atoms with Crippen molar-refractivity contribution in [1.29, 1.82) is 0 Å². The van der Waals surface area contributed by atoms with Crippen LogP contribution in [-0.4, -0.2) is 23.3 Å². The average molecular weight is 454 g/mol. The number of halogens is 1. The molecule has 0 aliphatic heterocycles. The molecule has 0 unspecified atom stereocenters. The number of carboxylic acids is 1. The molecule has 0 aliphatic rings. The summed E-state index contributed by atoms with van der Waals surface area (Å²) >= 11 is 1.48. The van der Waals surface area contributed by atoms with Gasteiger partial charge in [0.15, 0.2) is 0 Å². The largest absolute Gasteiger partial charge is 1.00 e. The number of ether oxygens (including phenoxy) is 1. The van der Waals surface area contributed by atoms with E-state index in [0.29, 0.717) is 5.13 Å². The Labute approximate surface area is 190 Å². The van der Waals surface area contributed by atoms with E-state index >= 15 is 0 Å².